The first kappa shape index (κ1) is 19.4. The van der Waals surface area contributed by atoms with Gasteiger partial charge in [0.2, 0.25) is 0 Å². The van der Waals surface area contributed by atoms with Crippen LogP contribution in [0.5, 0.6) is 0 Å². The highest BCUT2D eigenvalue weighted by molar-refractivity contribution is 5.59. The Kier molecular flexibility index (Phi) is 7.00. The van der Waals surface area contributed by atoms with E-state index in [4.69, 9.17) is 0 Å². The fraction of sp³-hybridized carbons (Fsp3) is 0.500. The highest BCUT2D eigenvalue weighted by atomic mass is 14.7. The van der Waals surface area contributed by atoms with Crippen molar-refractivity contribution in [2.45, 2.75) is 67.2 Å². The van der Waals surface area contributed by atoms with Crippen molar-refractivity contribution in [1.82, 2.24) is 4.98 Å². The second-order valence-corrected chi connectivity index (χ2v) is 7.34. The molecule has 0 bridgehead atoms. The van der Waals surface area contributed by atoms with E-state index in [1.54, 1.807) is 0 Å². The number of rotatable bonds is 3. The molecule has 1 aromatic carbocycles. The van der Waals surface area contributed by atoms with Crippen LogP contribution in [-0.4, -0.2) is 4.98 Å². The van der Waals surface area contributed by atoms with Gasteiger partial charge in [-0.15, -0.1) is 0 Å². The van der Waals surface area contributed by atoms with Crippen LogP contribution < -0.4 is 0 Å². The molecule has 1 atom stereocenters. The number of benzene rings is 1. The average Bonchev–Trinajstić information content (AvgIpc) is 2.55. The molecule has 1 nitrogen and oxygen atoms in total. The van der Waals surface area contributed by atoms with Gasteiger partial charge in [0.1, 0.15) is 0 Å². The van der Waals surface area contributed by atoms with E-state index < -0.39 is 0 Å². The molecule has 0 saturated heterocycles. The summed E-state index contributed by atoms with van der Waals surface area (Å²) in [5, 5.41) is 0. The number of pyridine rings is 1. The smallest absolute Gasteiger partial charge is 0.0702 e. The Morgan fingerprint density at radius 1 is 0.783 bits per heavy atom. The Morgan fingerprint density at radius 2 is 1.30 bits per heavy atom. The number of aromatic nitrogens is 1. The molecule has 126 valence electrons. The van der Waals surface area contributed by atoms with E-state index in [-0.39, 0.29) is 5.41 Å². The molecule has 1 aromatic heterocycles. The SMILES string of the molecule is CC.CC(C)c1ccc(-c2ccc(C(C)C(C)(C)C)cn2)cc1. The Balaban J connectivity index is 0.00000127. The van der Waals surface area contributed by atoms with Crippen molar-refractivity contribution in [1.29, 1.82) is 0 Å². The van der Waals surface area contributed by atoms with Crippen LogP contribution in [0.4, 0.5) is 0 Å². The van der Waals surface area contributed by atoms with Crippen LogP contribution in [0, 0.1) is 5.41 Å². The maximum Gasteiger partial charge on any atom is 0.0702 e. The van der Waals surface area contributed by atoms with Crippen molar-refractivity contribution in [3.63, 3.8) is 0 Å². The van der Waals surface area contributed by atoms with Crippen LogP contribution in [-0.2, 0) is 0 Å². The van der Waals surface area contributed by atoms with Gasteiger partial charge in [-0.05, 0) is 34.4 Å². The van der Waals surface area contributed by atoms with E-state index in [1.807, 2.05) is 20.0 Å². The zero-order valence-electron chi connectivity index (χ0n) is 16.1. The number of hydrogen-bond acceptors (Lipinski definition) is 1. The second kappa shape index (κ2) is 8.29. The zero-order chi connectivity index (χ0) is 17.6. The molecule has 0 fully saturated rings. The van der Waals surface area contributed by atoms with Crippen molar-refractivity contribution in [3.8, 4) is 11.3 Å². The molecule has 0 N–H and O–H groups in total. The average molecular weight is 312 g/mol. The third kappa shape index (κ3) is 5.20. The summed E-state index contributed by atoms with van der Waals surface area (Å²) in [6, 6.07) is 13.1. The number of nitrogens with zero attached hydrogens (tertiary/aromatic N) is 1. The van der Waals surface area contributed by atoms with Crippen LogP contribution in [0.1, 0.15) is 78.4 Å². The van der Waals surface area contributed by atoms with E-state index in [0.29, 0.717) is 11.8 Å². The van der Waals surface area contributed by atoms with Crippen LogP contribution in [0.2, 0.25) is 0 Å². The molecule has 0 aliphatic heterocycles. The largest absolute Gasteiger partial charge is 0.256 e. The molecule has 0 radical (unpaired) electrons. The highest BCUT2D eigenvalue weighted by Gasteiger charge is 2.21. The molecular formula is C22H33N. The topological polar surface area (TPSA) is 12.9 Å². The van der Waals surface area contributed by atoms with Gasteiger partial charge in [0.05, 0.1) is 5.69 Å². The minimum atomic E-state index is 0.266. The van der Waals surface area contributed by atoms with Gasteiger partial charge >= 0.3 is 0 Å². The quantitative estimate of drug-likeness (QED) is 0.592. The second-order valence-electron chi connectivity index (χ2n) is 7.34. The summed E-state index contributed by atoms with van der Waals surface area (Å²) in [5.74, 6) is 1.07. The molecule has 1 unspecified atom stereocenters. The predicted molar refractivity (Wildman–Crippen MR) is 103 cm³/mol. The lowest BCUT2D eigenvalue weighted by atomic mass is 9.78. The molecule has 1 heteroatoms. The van der Waals surface area contributed by atoms with Crippen LogP contribution in [0.25, 0.3) is 11.3 Å². The maximum absolute atomic E-state index is 4.66. The molecule has 2 aromatic rings. The van der Waals surface area contributed by atoms with Gasteiger partial charge in [-0.2, -0.15) is 0 Å². The van der Waals surface area contributed by atoms with Gasteiger partial charge in [0, 0.05) is 11.8 Å². The Labute approximate surface area is 143 Å². The number of hydrogen-bond donors (Lipinski definition) is 0. The van der Waals surface area contributed by atoms with Crippen molar-refractivity contribution >= 4 is 0 Å². The Morgan fingerprint density at radius 3 is 1.70 bits per heavy atom. The molecule has 0 saturated carbocycles. The maximum atomic E-state index is 4.66. The summed E-state index contributed by atoms with van der Waals surface area (Å²) in [6.07, 6.45) is 2.03. The normalized spacial score (nSPS) is 12.6. The molecule has 0 amide bonds. The van der Waals surface area contributed by atoms with E-state index in [0.717, 1.165) is 5.69 Å². The van der Waals surface area contributed by atoms with Crippen LogP contribution in [0.3, 0.4) is 0 Å². The predicted octanol–water partition coefficient (Wildman–Crippen LogP) is 7.05. The van der Waals surface area contributed by atoms with Gasteiger partial charge in [0.15, 0.2) is 0 Å². The van der Waals surface area contributed by atoms with Crippen LogP contribution >= 0.6 is 0 Å². The van der Waals surface area contributed by atoms with Gasteiger partial charge in [-0.1, -0.05) is 85.7 Å². The van der Waals surface area contributed by atoms with Gasteiger partial charge in [-0.25, -0.2) is 0 Å². The monoisotopic (exact) mass is 311 g/mol. The van der Waals surface area contributed by atoms with E-state index in [9.17, 15) is 0 Å². The highest BCUT2D eigenvalue weighted by Crippen LogP contribution is 2.34. The summed E-state index contributed by atoms with van der Waals surface area (Å²) < 4.78 is 0. The van der Waals surface area contributed by atoms with Gasteiger partial charge in [0.25, 0.3) is 0 Å². The van der Waals surface area contributed by atoms with Crippen molar-refractivity contribution in [3.05, 3.63) is 53.7 Å². The third-order valence-electron chi connectivity index (χ3n) is 4.46. The molecular weight excluding hydrogens is 278 g/mol. The molecule has 1 heterocycles. The third-order valence-corrected chi connectivity index (χ3v) is 4.46. The fourth-order valence-corrected chi connectivity index (χ4v) is 2.37. The molecule has 23 heavy (non-hydrogen) atoms. The fourth-order valence-electron chi connectivity index (χ4n) is 2.37. The van der Waals surface area contributed by atoms with Crippen LogP contribution in [0.15, 0.2) is 42.6 Å². The standard InChI is InChI=1S/C20H27N.C2H6/c1-14(2)16-7-9-17(10-8-16)19-12-11-18(13-21-19)15(3)20(4,5)6;1-2/h7-15H,1-6H3;1-2H3. The van der Waals surface area contributed by atoms with Gasteiger partial charge in [-0.3, -0.25) is 4.98 Å². The van der Waals surface area contributed by atoms with Crippen molar-refractivity contribution in [2.24, 2.45) is 5.41 Å². The van der Waals surface area contributed by atoms with E-state index in [1.165, 1.54) is 16.7 Å². The zero-order valence-corrected chi connectivity index (χ0v) is 16.1. The Hall–Kier alpha value is -1.63. The minimum absolute atomic E-state index is 0.266. The lowest BCUT2D eigenvalue weighted by Gasteiger charge is -2.27. The first-order chi connectivity index (χ1) is 10.8. The summed E-state index contributed by atoms with van der Waals surface area (Å²) in [4.78, 5) is 4.66. The van der Waals surface area contributed by atoms with Crippen molar-refractivity contribution in [2.75, 3.05) is 0 Å². The van der Waals surface area contributed by atoms with Gasteiger partial charge < -0.3 is 0 Å². The molecule has 0 spiro atoms. The minimum Gasteiger partial charge on any atom is -0.256 e. The molecule has 2 rings (SSSR count). The summed E-state index contributed by atoms with van der Waals surface area (Å²) in [7, 11) is 0. The molecule has 0 aliphatic rings. The first-order valence-electron chi connectivity index (χ1n) is 8.85. The summed E-state index contributed by atoms with van der Waals surface area (Å²) >= 11 is 0. The van der Waals surface area contributed by atoms with Crippen molar-refractivity contribution < 1.29 is 0 Å². The lowest BCUT2D eigenvalue weighted by molar-refractivity contribution is 0.339. The summed E-state index contributed by atoms with van der Waals surface area (Å²) in [5.41, 5.74) is 5.19. The first-order valence-corrected chi connectivity index (χ1v) is 8.85. The Bertz CT molecular complexity index is 571. The summed E-state index contributed by atoms with van der Waals surface area (Å²) in [6.45, 7) is 17.5. The van der Waals surface area contributed by atoms with E-state index >= 15 is 0 Å². The van der Waals surface area contributed by atoms with E-state index in [2.05, 4.69) is 82.9 Å². The lowest BCUT2D eigenvalue weighted by Crippen LogP contribution is -2.15. The molecule has 0 aliphatic carbocycles.